The molecule has 2 aliphatic rings. The molecule has 0 unspecified atom stereocenters. The van der Waals surface area contributed by atoms with Crippen molar-refractivity contribution in [2.24, 2.45) is 0 Å². The molecule has 0 bridgehead atoms. The summed E-state index contributed by atoms with van der Waals surface area (Å²) in [4.78, 5) is 31.9. The maximum absolute atomic E-state index is 13.7. The Morgan fingerprint density at radius 1 is 0.267 bits per heavy atom. The number of nitrogens with zero attached hydrogens (tertiary/aromatic N) is 2. The number of carbonyl (C=O) groups excluding carboxylic acids is 2. The minimum absolute atomic E-state index is 0.141. The van der Waals surface area contributed by atoms with Crippen molar-refractivity contribution in [3.63, 3.8) is 0 Å². The molecule has 5 nitrogen and oxygen atoms in total. The Kier molecular flexibility index (Phi) is 13.9. The van der Waals surface area contributed by atoms with E-state index in [1.54, 1.807) is 36.4 Å². The maximum Gasteiger partial charge on any atom is 0.198 e. The predicted molar refractivity (Wildman–Crippen MR) is 310 cm³/mol. The maximum atomic E-state index is 13.7. The molecule has 11 rings (SSSR count). The van der Waals surface area contributed by atoms with Gasteiger partial charge in [-0.25, -0.2) is 0 Å². The average molecular weight is 967 g/mol. The Hall–Kier alpha value is -10.1. The van der Waals surface area contributed by atoms with Crippen LogP contribution in [0.3, 0.4) is 0 Å². The molecule has 358 valence electrons. The summed E-state index contributed by atoms with van der Waals surface area (Å²) in [5.41, 5.74) is 14.3. The van der Waals surface area contributed by atoms with Gasteiger partial charge in [-0.1, -0.05) is 206 Å². The summed E-state index contributed by atoms with van der Waals surface area (Å²) in [5.74, 6) is 0.438. The third kappa shape index (κ3) is 11.0. The van der Waals surface area contributed by atoms with Gasteiger partial charge in [-0.2, -0.15) is 0 Å². The Morgan fingerprint density at radius 2 is 0.507 bits per heavy atom. The molecule has 1 aliphatic carbocycles. The van der Waals surface area contributed by atoms with E-state index in [0.29, 0.717) is 28.2 Å². The molecule has 75 heavy (non-hydrogen) atoms. The number of anilines is 6. The monoisotopic (exact) mass is 966 g/mol. The van der Waals surface area contributed by atoms with Crippen LogP contribution in [0.4, 0.5) is 34.1 Å². The number of fused-ring (bicyclic) bond motifs is 1. The van der Waals surface area contributed by atoms with Gasteiger partial charge in [-0.05, 0) is 136 Å². The summed E-state index contributed by atoms with van der Waals surface area (Å²) >= 11 is 0. The SMILES string of the molecule is O=C1C(=C2C=C(C=Cc3ccc(C=Cc4ccc(N(c5ccccc5)c5ccccc5)cc4)cc3)OC(C=Cc3ccc(C=Cc4ccc(N(c5ccccc5)c5ccccc5)cc4)cc3)=C2)C(=O)c2ccccc21. The normalized spacial score (nSPS) is 13.4. The molecular formula is C70H50N2O3. The number of allylic oxidation sites excluding steroid dienone is 6. The van der Waals surface area contributed by atoms with Crippen molar-refractivity contribution < 1.29 is 14.3 Å². The smallest absolute Gasteiger partial charge is 0.198 e. The summed E-state index contributed by atoms with van der Waals surface area (Å²) in [6.45, 7) is 0. The lowest BCUT2D eigenvalue weighted by molar-refractivity contribution is 0.0987. The second-order valence-corrected chi connectivity index (χ2v) is 18.1. The molecule has 0 atom stereocenters. The van der Waals surface area contributed by atoms with Crippen LogP contribution in [0.2, 0.25) is 0 Å². The molecule has 0 spiro atoms. The largest absolute Gasteiger partial charge is 0.457 e. The first kappa shape index (κ1) is 47.2. The van der Waals surface area contributed by atoms with Crippen molar-refractivity contribution in [1.82, 2.24) is 0 Å². The predicted octanol–water partition coefficient (Wildman–Crippen LogP) is 17.9. The highest BCUT2D eigenvalue weighted by Gasteiger charge is 2.35. The van der Waals surface area contributed by atoms with Crippen LogP contribution in [-0.4, -0.2) is 11.6 Å². The van der Waals surface area contributed by atoms with Crippen molar-refractivity contribution in [3.05, 3.63) is 334 Å². The molecule has 1 aliphatic heterocycles. The van der Waals surface area contributed by atoms with Crippen LogP contribution in [0, 0.1) is 0 Å². The summed E-state index contributed by atoms with van der Waals surface area (Å²) < 4.78 is 6.40. The molecule has 9 aromatic carbocycles. The first-order chi connectivity index (χ1) is 37.0. The van der Waals surface area contributed by atoms with Gasteiger partial charge in [0.2, 0.25) is 0 Å². The lowest BCUT2D eigenvalue weighted by Gasteiger charge is -2.25. The number of benzene rings is 9. The number of Topliss-reactive ketones (excluding diaryl/α,β-unsaturated/α-hetero) is 2. The number of carbonyl (C=O) groups is 2. The van der Waals surface area contributed by atoms with Crippen LogP contribution in [0.25, 0.3) is 36.5 Å². The van der Waals surface area contributed by atoms with E-state index >= 15 is 0 Å². The Bertz CT molecular complexity index is 3380. The van der Waals surface area contributed by atoms with Gasteiger partial charge in [0.05, 0.1) is 5.57 Å². The Balaban J connectivity index is 0.772. The number of para-hydroxylation sites is 4. The molecule has 5 heteroatoms. The van der Waals surface area contributed by atoms with E-state index in [4.69, 9.17) is 4.74 Å². The summed E-state index contributed by atoms with van der Waals surface area (Å²) in [7, 11) is 0. The van der Waals surface area contributed by atoms with Crippen LogP contribution in [0.15, 0.2) is 290 Å². The van der Waals surface area contributed by atoms with Crippen LogP contribution < -0.4 is 9.80 Å². The van der Waals surface area contributed by atoms with Crippen molar-refractivity contribution >= 4 is 82.1 Å². The van der Waals surface area contributed by atoms with Gasteiger partial charge in [-0.15, -0.1) is 0 Å². The number of ketones is 2. The van der Waals surface area contributed by atoms with Crippen LogP contribution in [0.5, 0.6) is 0 Å². The third-order valence-electron chi connectivity index (χ3n) is 13.0. The molecule has 1 heterocycles. The summed E-state index contributed by atoms with van der Waals surface area (Å²) in [6.07, 6.45) is 19.7. The van der Waals surface area contributed by atoms with Gasteiger partial charge < -0.3 is 14.5 Å². The Labute approximate surface area is 438 Å². The second-order valence-electron chi connectivity index (χ2n) is 18.1. The summed E-state index contributed by atoms with van der Waals surface area (Å²) in [5, 5.41) is 0. The number of hydrogen-bond acceptors (Lipinski definition) is 5. The van der Waals surface area contributed by atoms with Gasteiger partial charge in [-0.3, -0.25) is 9.59 Å². The molecule has 0 radical (unpaired) electrons. The zero-order valence-corrected chi connectivity index (χ0v) is 41.0. The average Bonchev–Trinajstić information content (AvgIpc) is 3.73. The minimum atomic E-state index is -0.284. The molecule has 0 fully saturated rings. The van der Waals surface area contributed by atoms with Crippen LogP contribution in [-0.2, 0) is 4.74 Å². The topological polar surface area (TPSA) is 49.9 Å². The van der Waals surface area contributed by atoms with Gasteiger partial charge in [0.15, 0.2) is 11.6 Å². The van der Waals surface area contributed by atoms with Crippen molar-refractivity contribution in [2.75, 3.05) is 9.80 Å². The molecular weight excluding hydrogens is 917 g/mol. The van der Waals surface area contributed by atoms with Crippen molar-refractivity contribution in [3.8, 4) is 0 Å². The van der Waals surface area contributed by atoms with E-state index in [1.807, 2.05) is 48.6 Å². The van der Waals surface area contributed by atoms with Crippen molar-refractivity contribution in [1.29, 1.82) is 0 Å². The highest BCUT2D eigenvalue weighted by Crippen LogP contribution is 2.37. The van der Waals surface area contributed by atoms with E-state index in [-0.39, 0.29) is 17.1 Å². The quantitative estimate of drug-likeness (QED) is 0.0617. The van der Waals surface area contributed by atoms with Gasteiger partial charge in [0.25, 0.3) is 0 Å². The first-order valence-corrected chi connectivity index (χ1v) is 25.0. The highest BCUT2D eigenvalue weighted by atomic mass is 16.5. The third-order valence-corrected chi connectivity index (χ3v) is 13.0. The van der Waals surface area contributed by atoms with Gasteiger partial charge in [0.1, 0.15) is 11.5 Å². The fraction of sp³-hybridized carbons (Fsp3) is 0. The number of hydrogen-bond donors (Lipinski definition) is 0. The standard InChI is InChI=1S/C70H50N2O3/c73-69-66-23-13-14-24-67(66)70(74)68(69)57-49-64(47-41-53-31-25-51(26-32-53)29-35-55-37-43-62(44-38-55)71(58-15-5-1-6-16-58)59-17-7-2-8-18-59)75-65(50-57)48-42-54-33-27-52(28-34-54)30-36-56-39-45-63(46-40-56)72(60-19-9-3-10-20-60)61-21-11-4-12-22-61/h1-50H. The fourth-order valence-corrected chi connectivity index (χ4v) is 9.22. The minimum Gasteiger partial charge on any atom is -0.457 e. The molecule has 0 N–H and O–H groups in total. The summed E-state index contributed by atoms with van der Waals surface area (Å²) in [6, 6.07) is 82.2. The van der Waals surface area contributed by atoms with E-state index < -0.39 is 0 Å². The molecule has 0 saturated carbocycles. The van der Waals surface area contributed by atoms with E-state index in [9.17, 15) is 9.59 Å². The van der Waals surface area contributed by atoms with Crippen molar-refractivity contribution in [2.45, 2.75) is 0 Å². The number of rotatable bonds is 14. The van der Waals surface area contributed by atoms with Gasteiger partial charge in [0, 0.05) is 45.3 Å². The lowest BCUT2D eigenvalue weighted by atomic mass is 10.00. The number of ether oxygens (including phenoxy) is 1. The van der Waals surface area contributed by atoms with E-state index in [2.05, 4.69) is 228 Å². The Morgan fingerprint density at radius 3 is 0.800 bits per heavy atom. The van der Waals surface area contributed by atoms with Crippen LogP contribution >= 0.6 is 0 Å². The van der Waals surface area contributed by atoms with E-state index in [0.717, 1.165) is 67.5 Å². The lowest BCUT2D eigenvalue weighted by Crippen LogP contribution is -2.09. The fourth-order valence-electron chi connectivity index (χ4n) is 9.22. The highest BCUT2D eigenvalue weighted by molar-refractivity contribution is 6.40. The van der Waals surface area contributed by atoms with E-state index in [1.165, 1.54) is 0 Å². The zero-order chi connectivity index (χ0) is 50.8. The molecule has 0 saturated heterocycles. The second kappa shape index (κ2) is 22.1. The molecule has 9 aromatic rings. The molecule has 0 aromatic heterocycles. The molecule has 0 amide bonds. The zero-order valence-electron chi connectivity index (χ0n) is 41.0. The van der Waals surface area contributed by atoms with Gasteiger partial charge >= 0.3 is 0 Å². The van der Waals surface area contributed by atoms with Crippen LogP contribution in [0.1, 0.15) is 54.1 Å². The first-order valence-electron chi connectivity index (χ1n) is 25.0.